The van der Waals surface area contributed by atoms with Gasteiger partial charge >= 0.3 is 6.09 Å². The molecule has 2 aliphatic rings. The molecule has 1 amide bonds. The van der Waals surface area contributed by atoms with Gasteiger partial charge in [-0.15, -0.1) is 0 Å². The molecule has 3 heterocycles. The number of carbonyl (C=O) groups excluding carboxylic acids is 1. The Balaban J connectivity index is 1.47. The predicted octanol–water partition coefficient (Wildman–Crippen LogP) is 4.23. The third-order valence-electron chi connectivity index (χ3n) is 5.98. The van der Waals surface area contributed by atoms with Gasteiger partial charge in [0.1, 0.15) is 23.4 Å². The average molecular weight is 398 g/mol. The number of hydrogen-bond acceptors (Lipinski definition) is 5. The fourth-order valence-electron chi connectivity index (χ4n) is 4.67. The predicted molar refractivity (Wildman–Crippen MR) is 114 cm³/mol. The second kappa shape index (κ2) is 7.35. The molecule has 1 saturated carbocycles. The maximum absolute atomic E-state index is 12.5. The van der Waals surface area contributed by atoms with E-state index < -0.39 is 5.60 Å². The maximum Gasteiger partial charge on any atom is 0.410 e. The number of fused-ring (bicyclic) bond motifs is 1. The van der Waals surface area contributed by atoms with Crippen molar-refractivity contribution in [3.8, 4) is 0 Å². The summed E-state index contributed by atoms with van der Waals surface area (Å²) < 4.78 is 7.85. The number of hydrogen-bond donors (Lipinski definition) is 1. The highest BCUT2D eigenvalue weighted by Crippen LogP contribution is 2.41. The van der Waals surface area contributed by atoms with Crippen LogP contribution < -0.4 is 5.73 Å². The zero-order valence-electron chi connectivity index (χ0n) is 17.8. The number of anilines is 1. The van der Waals surface area contributed by atoms with Gasteiger partial charge in [-0.05, 0) is 64.9 Å². The molecule has 156 valence electrons. The van der Waals surface area contributed by atoms with E-state index in [2.05, 4.69) is 33.7 Å². The van der Waals surface area contributed by atoms with Crippen LogP contribution in [0.4, 0.5) is 10.6 Å². The molecule has 29 heavy (non-hydrogen) atoms. The second-order valence-corrected chi connectivity index (χ2v) is 9.31. The molecule has 1 aliphatic heterocycles. The standard InChI is InChI=1S/C22H31N5O2/c1-14-11-27(20-18(14)19(23)24-13-25-20)17-8-7-15(10-17)16-6-5-9-26(12-16)21(28)29-22(2,3)4/h6,11,13,15,17H,5,7-10,12H2,1-4H3,(H2,23,24,25). The number of aryl methyl sites for hydroxylation is 1. The molecule has 2 aromatic rings. The van der Waals surface area contributed by atoms with Crippen LogP contribution in [-0.2, 0) is 4.74 Å². The van der Waals surface area contributed by atoms with Crippen LogP contribution in [0.1, 0.15) is 58.1 Å². The molecule has 4 rings (SSSR count). The van der Waals surface area contributed by atoms with Crippen molar-refractivity contribution in [2.75, 3.05) is 18.8 Å². The molecule has 2 N–H and O–H groups in total. The van der Waals surface area contributed by atoms with Crippen LogP contribution in [0.3, 0.4) is 0 Å². The Morgan fingerprint density at radius 2 is 2.07 bits per heavy atom. The van der Waals surface area contributed by atoms with E-state index in [1.54, 1.807) is 6.33 Å². The number of carbonyl (C=O) groups is 1. The molecular weight excluding hydrogens is 366 g/mol. The Kier molecular flexibility index (Phi) is 5.00. The Bertz CT molecular complexity index is 956. The van der Waals surface area contributed by atoms with Crippen molar-refractivity contribution in [1.82, 2.24) is 19.4 Å². The van der Waals surface area contributed by atoms with Gasteiger partial charge in [0.05, 0.1) is 5.39 Å². The summed E-state index contributed by atoms with van der Waals surface area (Å²) in [5, 5.41) is 0.962. The van der Waals surface area contributed by atoms with Gasteiger partial charge in [-0.2, -0.15) is 0 Å². The maximum atomic E-state index is 12.5. The van der Waals surface area contributed by atoms with Crippen LogP contribution in [-0.4, -0.2) is 44.2 Å². The quantitative estimate of drug-likeness (QED) is 0.766. The topological polar surface area (TPSA) is 86.3 Å². The molecule has 0 saturated heterocycles. The molecule has 0 bridgehead atoms. The van der Waals surface area contributed by atoms with Gasteiger partial charge in [0.2, 0.25) is 0 Å². The summed E-state index contributed by atoms with van der Waals surface area (Å²) in [7, 11) is 0. The van der Waals surface area contributed by atoms with Crippen molar-refractivity contribution >= 4 is 22.9 Å². The van der Waals surface area contributed by atoms with Crippen LogP contribution in [0, 0.1) is 12.8 Å². The van der Waals surface area contributed by atoms with Crippen molar-refractivity contribution in [1.29, 1.82) is 0 Å². The second-order valence-electron chi connectivity index (χ2n) is 9.31. The van der Waals surface area contributed by atoms with Gasteiger partial charge in [-0.1, -0.05) is 11.6 Å². The minimum absolute atomic E-state index is 0.211. The molecular formula is C22H31N5O2. The van der Waals surface area contributed by atoms with Gasteiger partial charge in [0.25, 0.3) is 0 Å². The summed E-state index contributed by atoms with van der Waals surface area (Å²) in [6, 6.07) is 0.392. The summed E-state index contributed by atoms with van der Waals surface area (Å²) in [4.78, 5) is 23.0. The monoisotopic (exact) mass is 397 g/mol. The van der Waals surface area contributed by atoms with Crippen LogP contribution in [0.2, 0.25) is 0 Å². The fraction of sp³-hybridized carbons (Fsp3) is 0.591. The zero-order chi connectivity index (χ0) is 20.8. The smallest absolute Gasteiger partial charge is 0.410 e. The number of nitrogens with zero attached hydrogens (tertiary/aromatic N) is 4. The molecule has 1 aliphatic carbocycles. The summed E-state index contributed by atoms with van der Waals surface area (Å²) in [5.74, 6) is 1.03. The van der Waals surface area contributed by atoms with Crippen molar-refractivity contribution in [3.63, 3.8) is 0 Å². The number of amides is 1. The van der Waals surface area contributed by atoms with E-state index in [1.807, 2.05) is 25.7 Å². The van der Waals surface area contributed by atoms with Gasteiger partial charge in [0, 0.05) is 25.3 Å². The Labute approximate surface area is 171 Å². The van der Waals surface area contributed by atoms with Gasteiger partial charge in [-0.25, -0.2) is 14.8 Å². The van der Waals surface area contributed by atoms with E-state index in [4.69, 9.17) is 10.5 Å². The molecule has 2 aromatic heterocycles. The molecule has 0 aromatic carbocycles. The van der Waals surface area contributed by atoms with E-state index in [9.17, 15) is 4.79 Å². The number of rotatable bonds is 2. The molecule has 1 fully saturated rings. The van der Waals surface area contributed by atoms with Crippen LogP contribution in [0.25, 0.3) is 11.0 Å². The van der Waals surface area contributed by atoms with E-state index in [0.29, 0.717) is 24.3 Å². The highest BCUT2D eigenvalue weighted by atomic mass is 16.6. The first-order valence-electron chi connectivity index (χ1n) is 10.5. The molecule has 7 nitrogen and oxygen atoms in total. The first kappa shape index (κ1) is 19.7. The van der Waals surface area contributed by atoms with Crippen LogP contribution in [0.5, 0.6) is 0 Å². The van der Waals surface area contributed by atoms with Gasteiger partial charge in [0.15, 0.2) is 0 Å². The summed E-state index contributed by atoms with van der Waals surface area (Å²) in [6.45, 7) is 9.19. The fourth-order valence-corrected chi connectivity index (χ4v) is 4.67. The number of ether oxygens (including phenoxy) is 1. The molecule has 0 spiro atoms. The highest BCUT2D eigenvalue weighted by molar-refractivity contribution is 5.89. The van der Waals surface area contributed by atoms with E-state index in [1.165, 1.54) is 5.57 Å². The average Bonchev–Trinajstić information content (AvgIpc) is 3.26. The summed E-state index contributed by atoms with van der Waals surface area (Å²) in [6.07, 6.45) is 9.99. The lowest BCUT2D eigenvalue weighted by atomic mass is 9.93. The summed E-state index contributed by atoms with van der Waals surface area (Å²) >= 11 is 0. The first-order valence-corrected chi connectivity index (χ1v) is 10.5. The minimum atomic E-state index is -0.464. The Hall–Kier alpha value is -2.57. The summed E-state index contributed by atoms with van der Waals surface area (Å²) in [5.41, 5.74) is 9.03. The van der Waals surface area contributed by atoms with Gasteiger partial charge in [-0.3, -0.25) is 0 Å². The van der Waals surface area contributed by atoms with Crippen molar-refractivity contribution in [2.45, 2.75) is 65.0 Å². The molecule has 0 radical (unpaired) electrons. The van der Waals surface area contributed by atoms with Gasteiger partial charge < -0.3 is 19.9 Å². The first-order chi connectivity index (χ1) is 13.7. The van der Waals surface area contributed by atoms with E-state index in [0.717, 1.165) is 48.8 Å². The Morgan fingerprint density at radius 1 is 1.28 bits per heavy atom. The SMILES string of the molecule is Cc1cn(C2CCC(C3=CCCN(C(=O)OC(C)(C)C)C3)C2)c2ncnc(N)c12. The minimum Gasteiger partial charge on any atom is -0.444 e. The number of aromatic nitrogens is 3. The lowest BCUT2D eigenvalue weighted by Crippen LogP contribution is -2.40. The van der Waals surface area contributed by atoms with E-state index in [-0.39, 0.29) is 6.09 Å². The number of nitrogen functional groups attached to an aromatic ring is 1. The lowest BCUT2D eigenvalue weighted by molar-refractivity contribution is 0.0257. The van der Waals surface area contributed by atoms with Crippen LogP contribution in [0.15, 0.2) is 24.2 Å². The largest absolute Gasteiger partial charge is 0.444 e. The number of nitrogens with two attached hydrogens (primary N) is 1. The van der Waals surface area contributed by atoms with Crippen LogP contribution >= 0.6 is 0 Å². The van der Waals surface area contributed by atoms with E-state index >= 15 is 0 Å². The third kappa shape index (κ3) is 3.95. The molecule has 2 unspecified atom stereocenters. The van der Waals surface area contributed by atoms with Crippen molar-refractivity contribution in [3.05, 3.63) is 29.7 Å². The zero-order valence-corrected chi connectivity index (χ0v) is 17.8. The lowest BCUT2D eigenvalue weighted by Gasteiger charge is -2.32. The molecule has 2 atom stereocenters. The normalized spacial score (nSPS) is 22.8. The Morgan fingerprint density at radius 3 is 2.83 bits per heavy atom. The van der Waals surface area contributed by atoms with Crippen molar-refractivity contribution in [2.24, 2.45) is 5.92 Å². The highest BCUT2D eigenvalue weighted by Gasteiger charge is 2.33. The van der Waals surface area contributed by atoms with Crippen molar-refractivity contribution < 1.29 is 9.53 Å². The third-order valence-corrected chi connectivity index (χ3v) is 5.98. The molecule has 7 heteroatoms.